The van der Waals surface area contributed by atoms with E-state index in [0.29, 0.717) is 35.2 Å². The van der Waals surface area contributed by atoms with Crippen LogP contribution in [-0.4, -0.2) is 311 Å². The number of nitrogens with zero attached hydrogens (tertiary/aromatic N) is 4. The number of thioether (sulfide) groups is 6. The van der Waals surface area contributed by atoms with Crippen LogP contribution in [0.4, 0.5) is 0 Å². The van der Waals surface area contributed by atoms with Gasteiger partial charge in [-0.15, -0.1) is 0 Å². The number of ether oxygens (including phenoxy) is 11. The summed E-state index contributed by atoms with van der Waals surface area (Å²) in [4.78, 5) is 169. The normalized spacial score (nSPS) is 12.8. The molecule has 0 spiro atoms. The minimum absolute atomic E-state index is 0.0456. The molecule has 0 saturated carbocycles. The summed E-state index contributed by atoms with van der Waals surface area (Å²) in [7, 11) is 0. The van der Waals surface area contributed by atoms with Crippen molar-refractivity contribution in [2.24, 2.45) is 35.5 Å². The van der Waals surface area contributed by atoms with E-state index >= 15 is 0 Å². The van der Waals surface area contributed by atoms with E-state index < -0.39 is 35.8 Å². The topological polar surface area (TPSA) is 319 Å². The summed E-state index contributed by atoms with van der Waals surface area (Å²) in [5.41, 5.74) is 0. The van der Waals surface area contributed by atoms with Crippen molar-refractivity contribution in [3.05, 3.63) is 0 Å². The molecule has 0 bridgehead atoms. The summed E-state index contributed by atoms with van der Waals surface area (Å²) in [6, 6.07) is 0. The van der Waals surface area contributed by atoms with Crippen molar-refractivity contribution >= 4 is 142 Å². The summed E-state index contributed by atoms with van der Waals surface area (Å²) < 4.78 is 61.8. The summed E-state index contributed by atoms with van der Waals surface area (Å²) in [6.07, 6.45) is 42.8. The lowest BCUT2D eigenvalue weighted by atomic mass is 10.0. The van der Waals surface area contributed by atoms with Gasteiger partial charge in [-0.25, -0.2) is 0 Å². The average Bonchev–Trinajstić information content (AvgIpc) is 0.905. The lowest BCUT2D eigenvalue weighted by Crippen LogP contribution is -2.45. The fraction of sp³-hybridized carbons (Fsp3) is 0.890. The van der Waals surface area contributed by atoms with Gasteiger partial charge in [0.25, 0.3) is 0 Å². The molecule has 0 aromatic carbocycles. The highest BCUT2D eigenvalue weighted by atomic mass is 32.2. The Kier molecular flexibility index (Phi) is 98.3. The molecule has 6 atom stereocenters. The molecule has 0 heterocycles. The van der Waals surface area contributed by atoms with E-state index in [1.54, 1.807) is 70.6 Å². The quantitative estimate of drug-likeness (QED) is 0.0310. The van der Waals surface area contributed by atoms with Gasteiger partial charge in [0.05, 0.1) is 74.7 Å². The summed E-state index contributed by atoms with van der Waals surface area (Å²) in [5.74, 6) is 2.67. The van der Waals surface area contributed by atoms with Gasteiger partial charge in [0, 0.05) is 125 Å². The number of rotatable bonds is 106. The second-order valence-electron chi connectivity index (χ2n) is 38.1. The van der Waals surface area contributed by atoms with E-state index in [4.69, 9.17) is 52.1 Å². The summed E-state index contributed by atoms with van der Waals surface area (Å²) in [5, 5.41) is 0. The van der Waals surface area contributed by atoms with Gasteiger partial charge in [-0.1, -0.05) is 276 Å². The van der Waals surface area contributed by atoms with Gasteiger partial charge in [-0.05, 0) is 79.5 Å². The van der Waals surface area contributed by atoms with Crippen LogP contribution in [-0.2, 0) is 110 Å². The van der Waals surface area contributed by atoms with Crippen molar-refractivity contribution in [1.82, 2.24) is 19.6 Å². The van der Waals surface area contributed by atoms with Gasteiger partial charge in [0.15, 0.2) is 0 Å². The molecule has 0 amide bonds. The third-order valence-electron chi connectivity index (χ3n) is 24.4. The average molecular weight is 2130 g/mol. The van der Waals surface area contributed by atoms with E-state index in [9.17, 15) is 57.5 Å². The fourth-order valence-corrected chi connectivity index (χ4v) is 21.3. The van der Waals surface area contributed by atoms with E-state index in [2.05, 4.69) is 46.4 Å². The molecule has 0 radical (unpaired) electrons. The zero-order chi connectivity index (χ0) is 105. The fourth-order valence-electron chi connectivity index (χ4n) is 14.9. The Labute approximate surface area is 886 Å². The number of unbranched alkanes of at least 4 members (excludes halogenated alkanes) is 30. The number of esters is 11. The van der Waals surface area contributed by atoms with Gasteiger partial charge in [0.1, 0.15) is 71.9 Å². The Bertz CT molecular complexity index is 2620. The van der Waals surface area contributed by atoms with Crippen molar-refractivity contribution in [3.63, 3.8) is 0 Å². The Balaban J connectivity index is 7.56. The third-order valence-corrected chi connectivity index (χ3v) is 32.3. The highest BCUT2D eigenvalue weighted by Gasteiger charge is 2.25. The van der Waals surface area contributed by atoms with Gasteiger partial charge in [0.2, 0.25) is 0 Å². The lowest BCUT2D eigenvalue weighted by molar-refractivity contribution is -0.154. The van der Waals surface area contributed by atoms with E-state index in [-0.39, 0.29) is 267 Å². The molecule has 0 fully saturated rings. The number of ketones is 1. The number of hydrogen-bond donors (Lipinski definition) is 0. The molecular formula is C109H200N4O23S6. The zero-order valence-electron chi connectivity index (χ0n) is 91.0. The molecule has 0 aromatic heterocycles. The number of Topliss-reactive ketones (excluding diaryl/α,β-unsaturated/α-hetero) is 1. The van der Waals surface area contributed by atoms with Crippen molar-refractivity contribution in [1.29, 1.82) is 0 Å². The molecule has 0 aliphatic carbocycles. The molecule has 33 heteroatoms. The molecule has 0 saturated heterocycles. The first kappa shape index (κ1) is 138. The van der Waals surface area contributed by atoms with Crippen LogP contribution in [0.15, 0.2) is 0 Å². The minimum Gasteiger partial charge on any atom is -0.466 e. The molecule has 0 rings (SSSR count). The first-order valence-electron chi connectivity index (χ1n) is 55.5. The molecule has 27 nitrogen and oxygen atoms in total. The number of carbonyl (C=O) groups excluding carboxylic acids is 12. The van der Waals surface area contributed by atoms with Crippen LogP contribution in [0, 0.1) is 35.5 Å². The molecule has 0 aliphatic heterocycles. The van der Waals surface area contributed by atoms with Crippen LogP contribution < -0.4 is 0 Å². The predicted molar refractivity (Wildman–Crippen MR) is 587 cm³/mol. The van der Waals surface area contributed by atoms with Crippen LogP contribution in [0.2, 0.25) is 0 Å². The van der Waals surface area contributed by atoms with E-state index in [1.807, 2.05) is 56.2 Å². The SMILES string of the molecule is CCCCCCCCSCC(C)C(=O)CCCOC(=O)CCN(CCC(=O)OCCOC(=O)C(C)CSCCCCCCCC)CCN(CCN(CCC(=O)OCCOC(=O)C(C)CSCCCCCCCC)CCC(=O)OCCOC(=O)C(C)CSCCCCCCCC)CCN(CCC(=O)OCCOC(=O)C(C)CSCCCCCCCC)CCC(=O)OCCOC(=O)C(C)CSCCCCCCCC. The maximum Gasteiger partial charge on any atom is 0.309 e. The molecule has 0 N–H and O–H groups in total. The van der Waals surface area contributed by atoms with Crippen LogP contribution in [0.5, 0.6) is 0 Å². The lowest BCUT2D eigenvalue weighted by Gasteiger charge is -2.32. The van der Waals surface area contributed by atoms with Gasteiger partial charge < -0.3 is 66.8 Å². The number of carbonyl (C=O) groups is 12. The van der Waals surface area contributed by atoms with Crippen LogP contribution >= 0.6 is 70.6 Å². The van der Waals surface area contributed by atoms with E-state index in [1.165, 1.54) is 161 Å². The Morgan fingerprint density at radius 1 is 0.176 bits per heavy atom. The van der Waals surface area contributed by atoms with Crippen LogP contribution in [0.1, 0.15) is 366 Å². The molecule has 142 heavy (non-hydrogen) atoms. The van der Waals surface area contributed by atoms with E-state index in [0.717, 1.165) is 111 Å². The maximum absolute atomic E-state index is 13.8. The Morgan fingerprint density at radius 2 is 0.331 bits per heavy atom. The highest BCUT2D eigenvalue weighted by molar-refractivity contribution is 8.00. The van der Waals surface area contributed by atoms with Gasteiger partial charge in [-0.2, -0.15) is 70.6 Å². The van der Waals surface area contributed by atoms with Gasteiger partial charge in [-0.3, -0.25) is 62.4 Å². The Hall–Kier alpha value is -4.22. The van der Waals surface area contributed by atoms with Gasteiger partial charge >= 0.3 is 65.7 Å². The molecule has 0 aliphatic rings. The van der Waals surface area contributed by atoms with Crippen molar-refractivity contribution < 1.29 is 110 Å². The largest absolute Gasteiger partial charge is 0.466 e. The maximum atomic E-state index is 13.8. The summed E-state index contributed by atoms with van der Waals surface area (Å²) >= 11 is 10.4. The van der Waals surface area contributed by atoms with Crippen LogP contribution in [0.3, 0.4) is 0 Å². The highest BCUT2D eigenvalue weighted by Crippen LogP contribution is 2.23. The second kappa shape index (κ2) is 101. The standard InChI is InChI=1S/C109H200N4O23S6/c1-13-19-25-31-37-43-80-137-86-92(7)98(114)50-49-69-126-99(115)51-57-110(58-52-100(116)127-70-75-132-105(121)93(8)87-138-81-44-38-32-26-20-14-2)63-66-113(67-64-111(59-53-101(117)128-71-76-133-106(122)94(9)88-139-82-45-39-33-27-21-15-3)60-54-102(118)129-72-77-134-107(123)95(10)89-140-83-46-40-34-28-22-16-4)68-65-112(61-55-103(119)130-73-78-135-108(124)96(11)90-141-84-47-41-35-29-23-17-5)62-56-104(120)131-74-79-136-109(125)97(12)91-142-85-48-42-36-30-24-18-6/h92-97H,13-91H2,1-12H3. The van der Waals surface area contributed by atoms with Crippen LogP contribution in [0.25, 0.3) is 0 Å². The Morgan fingerprint density at radius 3 is 0.521 bits per heavy atom. The zero-order valence-corrected chi connectivity index (χ0v) is 95.9. The monoisotopic (exact) mass is 2130 g/mol. The predicted octanol–water partition coefficient (Wildman–Crippen LogP) is 22.2. The smallest absolute Gasteiger partial charge is 0.309 e. The first-order chi connectivity index (χ1) is 68.8. The third kappa shape index (κ3) is 88.7. The van der Waals surface area contributed by atoms with Crippen molar-refractivity contribution in [2.45, 2.75) is 366 Å². The second-order valence-corrected chi connectivity index (χ2v) is 45.0. The molecule has 830 valence electrons. The van der Waals surface area contributed by atoms with Crippen molar-refractivity contribution in [3.8, 4) is 0 Å². The number of hydrogen-bond acceptors (Lipinski definition) is 33. The molecular weight excluding hydrogens is 1930 g/mol. The van der Waals surface area contributed by atoms with Crippen molar-refractivity contribution in [2.75, 3.05) is 220 Å². The first-order valence-corrected chi connectivity index (χ1v) is 62.4. The minimum atomic E-state index is -0.565. The summed E-state index contributed by atoms with van der Waals surface area (Å²) in [6.45, 7) is 25.2. The molecule has 0 aromatic rings. The molecule has 6 unspecified atom stereocenters.